The number of fused-ring (bicyclic) bond motifs is 5. The minimum absolute atomic E-state index is 0.284. The third kappa shape index (κ3) is 3.50. The molecule has 41 heavy (non-hydrogen) atoms. The van der Waals surface area contributed by atoms with E-state index in [9.17, 15) is 18.8 Å². The first-order valence-corrected chi connectivity index (χ1v) is 13.6. The summed E-state index contributed by atoms with van der Waals surface area (Å²) in [6.45, 7) is 0. The standard InChI is InChI=1S/C34H23ClFNO4/c1-41-24-14-8-19(9-15-24)29-30(31(38)20-6-12-23(36)13-7-20)37-27-16-11-22(35)18-21(27)10-17-28(37)34(29)32(39)25-4-2-3-5-26(25)33(34)40/h2-18,28-30H,1H3/t28-,29-,30-/m1/s1. The number of benzene rings is 4. The van der Waals surface area contributed by atoms with Crippen molar-refractivity contribution in [3.8, 4) is 5.75 Å². The molecule has 7 rings (SSSR count). The van der Waals surface area contributed by atoms with Gasteiger partial charge in [-0.05, 0) is 65.7 Å². The molecule has 4 aromatic rings. The fourth-order valence-electron chi connectivity index (χ4n) is 6.92. The molecular formula is C34H23ClFNO4. The second kappa shape index (κ2) is 9.25. The summed E-state index contributed by atoms with van der Waals surface area (Å²) in [6, 6.07) is 23.0. The number of rotatable bonds is 4. The normalized spacial score (nSPS) is 21.5. The molecule has 1 aliphatic carbocycles. The fraction of sp³-hybridized carbons (Fsp3) is 0.147. The summed E-state index contributed by atoms with van der Waals surface area (Å²) in [7, 11) is 1.56. The van der Waals surface area contributed by atoms with Crippen LogP contribution in [0.3, 0.4) is 0 Å². The zero-order valence-electron chi connectivity index (χ0n) is 21.9. The van der Waals surface area contributed by atoms with Gasteiger partial charge in [-0.1, -0.05) is 60.2 Å². The lowest BCUT2D eigenvalue weighted by Crippen LogP contribution is -2.48. The second-order valence-corrected chi connectivity index (χ2v) is 11.0. The van der Waals surface area contributed by atoms with Crippen molar-refractivity contribution >= 4 is 40.7 Å². The highest BCUT2D eigenvalue weighted by Crippen LogP contribution is 2.61. The van der Waals surface area contributed by atoms with Gasteiger partial charge in [0.2, 0.25) is 0 Å². The summed E-state index contributed by atoms with van der Waals surface area (Å²) >= 11 is 6.34. The summed E-state index contributed by atoms with van der Waals surface area (Å²) < 4.78 is 19.3. The Morgan fingerprint density at radius 3 is 2.20 bits per heavy atom. The van der Waals surface area contributed by atoms with Crippen LogP contribution >= 0.6 is 11.6 Å². The highest BCUT2D eigenvalue weighted by atomic mass is 35.5. The van der Waals surface area contributed by atoms with Crippen molar-refractivity contribution in [2.45, 2.75) is 18.0 Å². The van der Waals surface area contributed by atoms with Crippen LogP contribution in [0, 0.1) is 11.2 Å². The summed E-state index contributed by atoms with van der Waals surface area (Å²) in [5.41, 5.74) is 1.47. The molecule has 5 nitrogen and oxygen atoms in total. The van der Waals surface area contributed by atoms with Gasteiger partial charge in [0.15, 0.2) is 17.3 Å². The number of halogens is 2. The second-order valence-electron chi connectivity index (χ2n) is 10.6. The minimum atomic E-state index is -1.62. The van der Waals surface area contributed by atoms with Gasteiger partial charge in [0.05, 0.1) is 13.2 Å². The number of ketones is 3. The van der Waals surface area contributed by atoms with Crippen molar-refractivity contribution in [1.29, 1.82) is 0 Å². The first-order chi connectivity index (χ1) is 19.9. The maximum atomic E-state index is 14.6. The molecule has 0 radical (unpaired) electrons. The zero-order chi connectivity index (χ0) is 28.5. The highest BCUT2D eigenvalue weighted by molar-refractivity contribution is 6.32. The van der Waals surface area contributed by atoms with Crippen molar-refractivity contribution in [1.82, 2.24) is 0 Å². The topological polar surface area (TPSA) is 63.7 Å². The molecule has 0 saturated carbocycles. The smallest absolute Gasteiger partial charge is 0.185 e. The van der Waals surface area contributed by atoms with E-state index in [1.54, 1.807) is 55.6 Å². The predicted octanol–water partition coefficient (Wildman–Crippen LogP) is 6.80. The number of ether oxygens (including phenoxy) is 1. The number of Topliss-reactive ketones (excluding diaryl/α,β-unsaturated/α-hetero) is 3. The van der Waals surface area contributed by atoms with Gasteiger partial charge in [-0.25, -0.2) is 4.39 Å². The van der Waals surface area contributed by atoms with Crippen LogP contribution in [0.4, 0.5) is 10.1 Å². The zero-order valence-corrected chi connectivity index (χ0v) is 22.6. The van der Waals surface area contributed by atoms with Crippen LogP contribution in [-0.2, 0) is 0 Å². The molecule has 0 bridgehead atoms. The van der Waals surface area contributed by atoms with E-state index in [0.29, 0.717) is 33.1 Å². The maximum absolute atomic E-state index is 14.6. The molecule has 4 aromatic carbocycles. The van der Waals surface area contributed by atoms with Crippen LogP contribution in [0.1, 0.15) is 48.1 Å². The van der Waals surface area contributed by atoms with Gasteiger partial charge < -0.3 is 9.64 Å². The summed E-state index contributed by atoms with van der Waals surface area (Å²) in [5, 5.41) is 0.523. The molecule has 1 saturated heterocycles. The highest BCUT2D eigenvalue weighted by Gasteiger charge is 2.71. The third-order valence-electron chi connectivity index (χ3n) is 8.64. The number of carbonyl (C=O) groups is 3. The molecule has 0 N–H and O–H groups in total. The molecule has 3 atom stereocenters. The Bertz CT molecular complexity index is 1740. The number of nitrogens with zero attached hydrogens (tertiary/aromatic N) is 1. The molecule has 0 unspecified atom stereocenters. The Labute approximate surface area is 240 Å². The lowest BCUT2D eigenvalue weighted by atomic mass is 9.64. The van der Waals surface area contributed by atoms with Crippen molar-refractivity contribution in [3.05, 3.63) is 136 Å². The Hall–Kier alpha value is -4.55. The van der Waals surface area contributed by atoms with E-state index in [2.05, 4.69) is 0 Å². The Morgan fingerprint density at radius 1 is 0.902 bits per heavy atom. The number of hydrogen-bond acceptors (Lipinski definition) is 5. The summed E-state index contributed by atoms with van der Waals surface area (Å²) in [5.74, 6) is -1.68. The number of hydrogen-bond donors (Lipinski definition) is 0. The summed E-state index contributed by atoms with van der Waals surface area (Å²) in [6.07, 6.45) is 3.71. The van der Waals surface area contributed by atoms with Crippen molar-refractivity contribution < 1.29 is 23.5 Å². The fourth-order valence-corrected chi connectivity index (χ4v) is 7.10. The molecule has 1 fully saturated rings. The predicted molar refractivity (Wildman–Crippen MR) is 155 cm³/mol. The maximum Gasteiger partial charge on any atom is 0.185 e. The van der Waals surface area contributed by atoms with Gasteiger partial charge in [-0.15, -0.1) is 0 Å². The van der Waals surface area contributed by atoms with Crippen LogP contribution in [-0.4, -0.2) is 36.5 Å². The molecule has 3 aliphatic rings. The van der Waals surface area contributed by atoms with Crippen LogP contribution in [0.15, 0.2) is 97.1 Å². The Kier molecular flexibility index (Phi) is 5.73. The summed E-state index contributed by atoms with van der Waals surface area (Å²) in [4.78, 5) is 45.7. The van der Waals surface area contributed by atoms with Crippen LogP contribution in [0.5, 0.6) is 5.75 Å². The number of anilines is 1. The van der Waals surface area contributed by atoms with Gasteiger partial charge in [0, 0.05) is 33.3 Å². The third-order valence-corrected chi connectivity index (χ3v) is 8.87. The molecule has 2 heterocycles. The van der Waals surface area contributed by atoms with Crippen molar-refractivity contribution in [2.75, 3.05) is 12.0 Å². The lowest BCUT2D eigenvalue weighted by molar-refractivity contribution is 0.0666. The lowest BCUT2D eigenvalue weighted by Gasteiger charge is -2.37. The molecule has 202 valence electrons. The van der Waals surface area contributed by atoms with Gasteiger partial charge >= 0.3 is 0 Å². The monoisotopic (exact) mass is 563 g/mol. The quantitative estimate of drug-likeness (QED) is 0.202. The molecule has 0 aromatic heterocycles. The van der Waals surface area contributed by atoms with Crippen LogP contribution in [0.25, 0.3) is 6.08 Å². The van der Waals surface area contributed by atoms with Crippen LogP contribution < -0.4 is 9.64 Å². The Balaban J connectivity index is 1.54. The minimum Gasteiger partial charge on any atom is -0.497 e. The van der Waals surface area contributed by atoms with E-state index >= 15 is 0 Å². The first kappa shape index (κ1) is 25.4. The van der Waals surface area contributed by atoms with Gasteiger partial charge in [-0.2, -0.15) is 0 Å². The Morgan fingerprint density at radius 2 is 1.56 bits per heavy atom. The van der Waals surface area contributed by atoms with Gasteiger partial charge in [0.25, 0.3) is 0 Å². The first-order valence-electron chi connectivity index (χ1n) is 13.2. The van der Waals surface area contributed by atoms with E-state index in [4.69, 9.17) is 16.3 Å². The molecule has 0 amide bonds. The van der Waals surface area contributed by atoms with E-state index in [0.717, 1.165) is 5.56 Å². The number of carbonyl (C=O) groups excluding carboxylic acids is 3. The SMILES string of the molecule is COc1ccc([C@@H]2[C@H](C(=O)c3ccc(F)cc3)N3c4ccc(Cl)cc4C=C[C@@H]3C23C(=O)c2ccccc2C3=O)cc1. The van der Waals surface area contributed by atoms with E-state index in [1.807, 2.05) is 35.3 Å². The van der Waals surface area contributed by atoms with E-state index in [-0.39, 0.29) is 22.9 Å². The largest absolute Gasteiger partial charge is 0.497 e. The van der Waals surface area contributed by atoms with Crippen LogP contribution in [0.2, 0.25) is 5.02 Å². The van der Waals surface area contributed by atoms with Gasteiger partial charge in [-0.3, -0.25) is 14.4 Å². The molecule has 2 aliphatic heterocycles. The number of methoxy groups -OCH3 is 1. The average Bonchev–Trinajstić information content (AvgIpc) is 3.43. The van der Waals surface area contributed by atoms with E-state index < -0.39 is 29.2 Å². The molecular weight excluding hydrogens is 541 g/mol. The van der Waals surface area contributed by atoms with Crippen molar-refractivity contribution in [2.24, 2.45) is 5.41 Å². The molecule has 1 spiro atoms. The van der Waals surface area contributed by atoms with E-state index in [1.165, 1.54) is 24.3 Å². The average molecular weight is 564 g/mol. The van der Waals surface area contributed by atoms with Crippen molar-refractivity contribution in [3.63, 3.8) is 0 Å². The van der Waals surface area contributed by atoms with Gasteiger partial charge in [0.1, 0.15) is 23.0 Å². The molecule has 7 heteroatoms.